The van der Waals surface area contributed by atoms with Crippen LogP contribution in [0.15, 0.2) is 5.10 Å². The topological polar surface area (TPSA) is 80.4 Å². The molecule has 0 aliphatic carbocycles. The Morgan fingerprint density at radius 3 is 3.00 bits per heavy atom. The summed E-state index contributed by atoms with van der Waals surface area (Å²) in [6.45, 7) is 2.80. The summed E-state index contributed by atoms with van der Waals surface area (Å²) in [4.78, 5) is 13.9. The van der Waals surface area contributed by atoms with Gasteiger partial charge in [0.25, 0.3) is 5.96 Å². The summed E-state index contributed by atoms with van der Waals surface area (Å²) < 4.78 is 10.6. The fourth-order valence-electron chi connectivity index (χ4n) is 2.03. The first-order valence-electron chi connectivity index (χ1n) is 5.51. The van der Waals surface area contributed by atoms with Gasteiger partial charge in [0.05, 0.1) is 6.61 Å². The Bertz CT molecular complexity index is 316. The van der Waals surface area contributed by atoms with Gasteiger partial charge in [0.1, 0.15) is 18.6 Å². The number of guanidine groups is 1. The van der Waals surface area contributed by atoms with Gasteiger partial charge < -0.3 is 19.3 Å². The highest BCUT2D eigenvalue weighted by molar-refractivity contribution is 5.79. The molecule has 0 N–H and O–H groups in total. The van der Waals surface area contributed by atoms with Crippen molar-refractivity contribution in [2.24, 2.45) is 11.0 Å². The van der Waals surface area contributed by atoms with Gasteiger partial charge in [-0.05, 0) is 6.42 Å². The van der Waals surface area contributed by atoms with Gasteiger partial charge in [-0.1, -0.05) is 0 Å². The number of nitro groups is 1. The first kappa shape index (κ1) is 12.1. The molecule has 1 atom stereocenters. The first-order valence-corrected chi connectivity index (χ1v) is 5.51. The molecule has 0 aromatic heterocycles. The van der Waals surface area contributed by atoms with Crippen LogP contribution in [-0.4, -0.2) is 61.1 Å². The van der Waals surface area contributed by atoms with E-state index in [2.05, 4.69) is 5.10 Å². The van der Waals surface area contributed by atoms with E-state index in [0.29, 0.717) is 38.5 Å². The average Bonchev–Trinajstić information content (AvgIpc) is 2.75. The highest BCUT2D eigenvalue weighted by Crippen LogP contribution is 2.16. The number of hydrazone groups is 1. The second-order valence-electron chi connectivity index (χ2n) is 4.25. The van der Waals surface area contributed by atoms with E-state index in [0.717, 1.165) is 13.0 Å². The second-order valence-corrected chi connectivity index (χ2v) is 4.25. The lowest BCUT2D eigenvalue weighted by Crippen LogP contribution is -2.51. The lowest BCUT2D eigenvalue weighted by atomic mass is 10.1. The summed E-state index contributed by atoms with van der Waals surface area (Å²) in [5.41, 5.74) is 0. The number of ether oxygens (including phenoxy) is 2. The van der Waals surface area contributed by atoms with Crippen molar-refractivity contribution in [2.45, 2.75) is 6.42 Å². The fraction of sp³-hybridized carbons (Fsp3) is 0.889. The zero-order valence-electron chi connectivity index (χ0n) is 9.74. The number of rotatable bonds is 3. The van der Waals surface area contributed by atoms with E-state index in [1.54, 1.807) is 16.8 Å². The van der Waals surface area contributed by atoms with Crippen LogP contribution in [-0.2, 0) is 9.47 Å². The van der Waals surface area contributed by atoms with Crippen molar-refractivity contribution in [3.63, 3.8) is 0 Å². The molecule has 2 aliphatic heterocycles. The predicted octanol–water partition coefficient (Wildman–Crippen LogP) is -0.250. The summed E-state index contributed by atoms with van der Waals surface area (Å²) in [5.74, 6) is 0.746. The van der Waals surface area contributed by atoms with Crippen LogP contribution in [0.1, 0.15) is 6.42 Å². The molecule has 2 aliphatic rings. The Kier molecular flexibility index (Phi) is 3.75. The molecule has 8 heteroatoms. The van der Waals surface area contributed by atoms with Crippen LogP contribution in [0.4, 0.5) is 0 Å². The van der Waals surface area contributed by atoms with Crippen molar-refractivity contribution in [3.8, 4) is 0 Å². The van der Waals surface area contributed by atoms with Gasteiger partial charge in [0.2, 0.25) is 0 Å². The standard InChI is InChI=1S/C9H16N4O4/c1-11-6-17-7-12(9(11)10-13(14)15)4-8-2-3-16-5-8/h8H,2-7H2,1H3. The molecule has 1 unspecified atom stereocenters. The van der Waals surface area contributed by atoms with Crippen molar-refractivity contribution >= 4 is 5.96 Å². The Balaban J connectivity index is 2.03. The molecule has 8 nitrogen and oxygen atoms in total. The van der Waals surface area contributed by atoms with Crippen LogP contribution in [0.5, 0.6) is 0 Å². The number of hydrogen-bond donors (Lipinski definition) is 0. The highest BCUT2D eigenvalue weighted by atomic mass is 16.7. The zero-order valence-corrected chi connectivity index (χ0v) is 9.74. The molecule has 17 heavy (non-hydrogen) atoms. The quantitative estimate of drug-likeness (QED) is 0.503. The maximum atomic E-state index is 10.5. The third kappa shape index (κ3) is 3.04. The predicted molar refractivity (Wildman–Crippen MR) is 58.6 cm³/mol. The van der Waals surface area contributed by atoms with Gasteiger partial charge in [-0.15, -0.1) is 0 Å². The Morgan fingerprint density at radius 2 is 2.35 bits per heavy atom. The van der Waals surface area contributed by atoms with Gasteiger partial charge >= 0.3 is 0 Å². The van der Waals surface area contributed by atoms with E-state index in [9.17, 15) is 10.1 Å². The van der Waals surface area contributed by atoms with Crippen LogP contribution in [0, 0.1) is 16.0 Å². The fourth-order valence-corrected chi connectivity index (χ4v) is 2.03. The molecule has 0 aromatic rings. The van der Waals surface area contributed by atoms with Gasteiger partial charge in [0, 0.05) is 26.1 Å². The first-order chi connectivity index (χ1) is 8.16. The van der Waals surface area contributed by atoms with Gasteiger partial charge in [-0.2, -0.15) is 0 Å². The molecule has 2 fully saturated rings. The lowest BCUT2D eigenvalue weighted by Gasteiger charge is -2.35. The Hall–Kier alpha value is -1.41. The molecule has 0 saturated carbocycles. The average molecular weight is 244 g/mol. The van der Waals surface area contributed by atoms with Crippen molar-refractivity contribution in [1.29, 1.82) is 0 Å². The van der Waals surface area contributed by atoms with Gasteiger partial charge in [-0.25, -0.2) is 10.1 Å². The van der Waals surface area contributed by atoms with Crippen LogP contribution in [0.25, 0.3) is 0 Å². The molecule has 96 valence electrons. The molecule has 0 amide bonds. The normalized spacial score (nSPS) is 27.8. The summed E-state index contributed by atoms with van der Waals surface area (Å²) in [6.07, 6.45) is 0.978. The second kappa shape index (κ2) is 5.28. The summed E-state index contributed by atoms with van der Waals surface area (Å²) in [6, 6.07) is 0. The van der Waals surface area contributed by atoms with E-state index < -0.39 is 5.03 Å². The largest absolute Gasteiger partial charge is 0.381 e. The van der Waals surface area contributed by atoms with Crippen LogP contribution in [0.2, 0.25) is 0 Å². The van der Waals surface area contributed by atoms with Crippen molar-refractivity contribution < 1.29 is 14.5 Å². The van der Waals surface area contributed by atoms with E-state index in [1.165, 1.54) is 0 Å². The Labute approximate surface area is 98.9 Å². The van der Waals surface area contributed by atoms with Crippen molar-refractivity contribution in [3.05, 3.63) is 10.1 Å². The summed E-state index contributed by atoms with van der Waals surface area (Å²) in [7, 11) is 1.72. The molecule has 2 saturated heterocycles. The van der Waals surface area contributed by atoms with Crippen molar-refractivity contribution in [1.82, 2.24) is 9.80 Å². The van der Waals surface area contributed by atoms with Gasteiger partial charge in [0.15, 0.2) is 5.03 Å². The lowest BCUT2D eigenvalue weighted by molar-refractivity contribution is -0.486. The molecular formula is C9H16N4O4. The van der Waals surface area contributed by atoms with Gasteiger partial charge in [-0.3, -0.25) is 0 Å². The third-order valence-electron chi connectivity index (χ3n) is 2.83. The van der Waals surface area contributed by atoms with Crippen LogP contribution >= 0.6 is 0 Å². The van der Waals surface area contributed by atoms with Crippen LogP contribution in [0.3, 0.4) is 0 Å². The monoisotopic (exact) mass is 244 g/mol. The number of hydrogen-bond acceptors (Lipinski definition) is 4. The zero-order chi connectivity index (χ0) is 12.3. The van der Waals surface area contributed by atoms with Crippen molar-refractivity contribution in [2.75, 3.05) is 40.3 Å². The van der Waals surface area contributed by atoms with Crippen LogP contribution < -0.4 is 0 Å². The van der Waals surface area contributed by atoms with E-state index in [-0.39, 0.29) is 0 Å². The smallest absolute Gasteiger partial charge is 0.277 e. The molecule has 0 radical (unpaired) electrons. The summed E-state index contributed by atoms with van der Waals surface area (Å²) in [5, 5.41) is 13.2. The maximum absolute atomic E-state index is 10.5. The van der Waals surface area contributed by atoms with E-state index >= 15 is 0 Å². The SMILES string of the molecule is CN1COCN(CC2CCOC2)C1=N[N+](=O)[O-]. The highest BCUT2D eigenvalue weighted by Gasteiger charge is 2.28. The molecule has 2 heterocycles. The molecule has 0 bridgehead atoms. The third-order valence-corrected chi connectivity index (χ3v) is 2.83. The molecular weight excluding hydrogens is 228 g/mol. The Morgan fingerprint density at radius 1 is 1.53 bits per heavy atom. The molecule has 2 rings (SSSR count). The molecule has 0 spiro atoms. The minimum absolute atomic E-state index is 0.324. The number of nitrogens with zero attached hydrogens (tertiary/aromatic N) is 4. The van der Waals surface area contributed by atoms with E-state index in [1.807, 2.05) is 0 Å². The van der Waals surface area contributed by atoms with E-state index in [4.69, 9.17) is 9.47 Å². The summed E-state index contributed by atoms with van der Waals surface area (Å²) >= 11 is 0. The minimum Gasteiger partial charge on any atom is -0.381 e. The maximum Gasteiger partial charge on any atom is 0.277 e. The minimum atomic E-state index is -0.671. The molecule has 0 aromatic carbocycles.